The molecule has 3 nitrogen and oxygen atoms in total. The van der Waals surface area contributed by atoms with Crippen LogP contribution in [0.1, 0.15) is 23.7 Å². The molecular formula is C6H14N2OS. The maximum Gasteiger partial charge on any atom is 0.177 e. The van der Waals surface area contributed by atoms with Crippen molar-refractivity contribution in [3.8, 4) is 0 Å². The van der Waals surface area contributed by atoms with Crippen molar-refractivity contribution >= 4 is 17.5 Å². The maximum atomic E-state index is 11.0. The first-order chi connectivity index (χ1) is 8.88. The van der Waals surface area contributed by atoms with E-state index in [4.69, 9.17) is 11.9 Å². The van der Waals surface area contributed by atoms with E-state index in [1.807, 2.05) is 0 Å². The molecule has 2 rings (SSSR count). The average Bonchev–Trinajstić information content (AvgIpc) is 2.90. The molecule has 10 heavy (non-hydrogen) atoms. The van der Waals surface area contributed by atoms with E-state index in [1.54, 1.807) is 6.20 Å². The Morgan fingerprint density at radius 2 is 2.70 bits per heavy atom. The third-order valence-electron chi connectivity index (χ3n) is 1.32. The molecule has 1 aromatic rings. The topological polar surface area (TPSA) is 42.9 Å². The summed E-state index contributed by atoms with van der Waals surface area (Å²) in [6.07, 6.45) is 3.04. The van der Waals surface area contributed by atoms with Gasteiger partial charge in [-0.1, -0.05) is 11.8 Å². The Morgan fingerprint density at radius 3 is 3.50 bits per heavy atom. The molecule has 0 aliphatic carbocycles. The summed E-state index contributed by atoms with van der Waals surface area (Å²) in [5.41, 5.74) is 0.674. The number of aromatic nitrogens is 2. The van der Waals surface area contributed by atoms with E-state index in [0.29, 0.717) is 11.3 Å². The predicted octanol–water partition coefficient (Wildman–Crippen LogP) is 1.99. The van der Waals surface area contributed by atoms with Crippen molar-refractivity contribution in [2.24, 2.45) is 0 Å². The van der Waals surface area contributed by atoms with Crippen LogP contribution in [0.5, 0.6) is 0 Å². The SMILES string of the molecule is O=C1CSc2ncncc21.[2HH].[2H][2H].[2H][2H].[2H][2H].[2H][2H]. The third-order valence-corrected chi connectivity index (χ3v) is 2.32. The lowest BCUT2D eigenvalue weighted by Gasteiger charge is -1.89. The molecule has 0 saturated heterocycles. The van der Waals surface area contributed by atoms with Gasteiger partial charge < -0.3 is 0 Å². The molecule has 1 aliphatic heterocycles. The van der Waals surface area contributed by atoms with Gasteiger partial charge in [0, 0.05) is 19.5 Å². The molecule has 0 radical (unpaired) electrons. The van der Waals surface area contributed by atoms with Crippen LogP contribution >= 0.6 is 11.8 Å². The van der Waals surface area contributed by atoms with E-state index >= 15 is 0 Å². The minimum absolute atomic E-state index is 0. The number of thioether (sulfide) groups is 1. The van der Waals surface area contributed by atoms with E-state index in [2.05, 4.69) is 9.97 Å². The van der Waals surface area contributed by atoms with E-state index in [9.17, 15) is 4.79 Å². The van der Waals surface area contributed by atoms with Gasteiger partial charge in [-0.25, -0.2) is 9.97 Å². The second-order valence-electron chi connectivity index (χ2n) is 1.95. The first-order valence-corrected chi connectivity index (χ1v) is 3.82. The van der Waals surface area contributed by atoms with E-state index in [-0.39, 0.29) is 7.21 Å². The zero-order chi connectivity index (χ0) is 15.0. The van der Waals surface area contributed by atoms with Crippen LogP contribution in [0.4, 0.5) is 0 Å². The van der Waals surface area contributed by atoms with E-state index in [1.165, 1.54) is 18.1 Å². The quantitative estimate of drug-likeness (QED) is 0.560. The molecule has 1 aromatic heterocycles. The Kier molecular flexibility index (Phi) is 0.617. The second-order valence-corrected chi connectivity index (χ2v) is 2.92. The summed E-state index contributed by atoms with van der Waals surface area (Å²) in [5, 5.41) is 0.819. The molecule has 60 valence electrons. The minimum atomic E-state index is 0. The van der Waals surface area contributed by atoms with Gasteiger partial charge in [-0.2, -0.15) is 0 Å². The standard InChI is InChI=1S/C6H4N2OS.5H2/c9-5-2-10-6-4(5)1-7-3-8-6;;;;;/h1,3H,2H2;5*1H/i;4*1+1D;1+1. The summed E-state index contributed by atoms with van der Waals surface area (Å²) >= 11 is 1.48. The van der Waals surface area contributed by atoms with Gasteiger partial charge in [0.1, 0.15) is 11.4 Å². The van der Waals surface area contributed by atoms with Gasteiger partial charge in [-0.3, -0.25) is 4.79 Å². The van der Waals surface area contributed by atoms with Crippen LogP contribution in [0, 0.1) is 0 Å². The van der Waals surface area contributed by atoms with Gasteiger partial charge >= 0.3 is 0 Å². The van der Waals surface area contributed by atoms with Gasteiger partial charge in [-0.05, 0) is 0 Å². The van der Waals surface area contributed by atoms with Crippen LogP contribution in [-0.2, 0) is 0 Å². The molecule has 1 aliphatic rings. The highest BCUT2D eigenvalue weighted by Gasteiger charge is 2.20. The van der Waals surface area contributed by atoms with Gasteiger partial charge in [0.05, 0.1) is 11.3 Å². The smallest absolute Gasteiger partial charge is 0.177 e. The van der Waals surface area contributed by atoms with Crippen molar-refractivity contribution in [2.45, 2.75) is 5.03 Å². The van der Waals surface area contributed by atoms with E-state index < -0.39 is 0 Å². The van der Waals surface area contributed by atoms with Crippen molar-refractivity contribution in [2.75, 3.05) is 5.75 Å². The molecule has 0 fully saturated rings. The van der Waals surface area contributed by atoms with Crippen LogP contribution in [0.3, 0.4) is 0 Å². The lowest BCUT2D eigenvalue weighted by Crippen LogP contribution is -1.95. The molecule has 0 amide bonds. The normalized spacial score (nSPS) is 18.6. The Labute approximate surface area is 75.7 Å². The summed E-state index contributed by atoms with van der Waals surface area (Å²) < 4.78 is 40.0. The number of ketones is 1. The number of hydrogen-bond donors (Lipinski definition) is 0. The highest BCUT2D eigenvalue weighted by atomic mass is 32.2. The van der Waals surface area contributed by atoms with Crippen LogP contribution in [0.15, 0.2) is 17.6 Å². The molecule has 4 heteroatoms. The minimum Gasteiger partial charge on any atom is -0.293 e. The number of nitrogens with zero attached hydrogens (tertiary/aromatic N) is 2. The van der Waals surface area contributed by atoms with Crippen LogP contribution in [0.2, 0.25) is 0 Å². The molecule has 2 heterocycles. The molecule has 0 atom stereocenters. The summed E-state index contributed by atoms with van der Waals surface area (Å²) in [6.45, 7) is 0. The van der Waals surface area contributed by atoms with Crippen molar-refractivity contribution in [1.82, 2.24) is 9.97 Å². The summed E-state index contributed by atoms with van der Waals surface area (Å²) in [5.74, 6) is 0.661. The molecule has 0 spiro atoms. The van der Waals surface area contributed by atoms with Crippen molar-refractivity contribution < 1.29 is 18.1 Å². The lowest BCUT2D eigenvalue weighted by molar-refractivity contribution is 0.102. The monoisotopic (exact) mass is 171 g/mol. The highest BCUT2D eigenvalue weighted by Crippen LogP contribution is 2.27. The Morgan fingerprint density at radius 1 is 1.80 bits per heavy atom. The Hall–Kier alpha value is -0.900. The zero-order valence-corrected chi connectivity index (χ0v) is 5.89. The average molecular weight is 171 g/mol. The second kappa shape index (κ2) is 2.05. The fourth-order valence-corrected chi connectivity index (χ4v) is 1.70. The molecule has 0 aromatic carbocycles. The van der Waals surface area contributed by atoms with Gasteiger partial charge in [0.25, 0.3) is 0 Å². The first kappa shape index (κ1) is 3.00. The number of fused-ring (bicyclic) bond motifs is 1. The van der Waals surface area contributed by atoms with E-state index in [0.717, 1.165) is 5.03 Å². The summed E-state index contributed by atoms with van der Waals surface area (Å²) in [7, 11) is 0. The molecule has 0 bridgehead atoms. The Balaban J connectivity index is -0.000000109. The number of carbonyl (C=O) groups is 1. The highest BCUT2D eigenvalue weighted by molar-refractivity contribution is 8.00. The van der Waals surface area contributed by atoms with Crippen molar-refractivity contribution in [1.29, 1.82) is 0 Å². The van der Waals surface area contributed by atoms with Crippen LogP contribution in [-0.4, -0.2) is 21.5 Å². The van der Waals surface area contributed by atoms with Crippen LogP contribution < -0.4 is 0 Å². The van der Waals surface area contributed by atoms with Crippen LogP contribution in [0.25, 0.3) is 0 Å². The molecule has 0 N–H and O–H groups in total. The van der Waals surface area contributed by atoms with Gasteiger partial charge in [0.15, 0.2) is 5.78 Å². The first-order valence-electron chi connectivity index (χ1n) is 6.84. The van der Waals surface area contributed by atoms with Gasteiger partial charge in [-0.15, -0.1) is 0 Å². The zero-order valence-electron chi connectivity index (χ0n) is 13.1. The summed E-state index contributed by atoms with van der Waals surface area (Å²) in [4.78, 5) is 18.7. The van der Waals surface area contributed by atoms with Gasteiger partial charge in [0.2, 0.25) is 0 Å². The number of carbonyl (C=O) groups excluding carboxylic acids is 1. The fourth-order valence-electron chi connectivity index (χ4n) is 0.836. The molecular weight excluding hydrogens is 148 g/mol. The molecule has 0 unspecified atom stereocenters. The largest absolute Gasteiger partial charge is 0.293 e. The number of Topliss-reactive ketones (excluding diaryl/α,β-unsaturated/α-hetero) is 1. The number of hydrogen-bond acceptors (Lipinski definition) is 4. The van der Waals surface area contributed by atoms with Crippen molar-refractivity contribution in [3.05, 3.63) is 18.1 Å². The molecule has 0 saturated carbocycles. The maximum absolute atomic E-state index is 11.0. The van der Waals surface area contributed by atoms with Crippen molar-refractivity contribution in [3.63, 3.8) is 0 Å². The Bertz CT molecular complexity index is 306. The number of rotatable bonds is 0. The fraction of sp³-hybridized carbons (Fsp3) is 0.167. The third kappa shape index (κ3) is 0.724. The summed E-state index contributed by atoms with van der Waals surface area (Å²) in [6, 6.07) is 0. The lowest BCUT2D eigenvalue weighted by atomic mass is 10.2. The predicted molar refractivity (Wildman–Crippen MR) is 47.7 cm³/mol.